The third-order valence-electron chi connectivity index (χ3n) is 5.66. The molecule has 30 heavy (non-hydrogen) atoms. The minimum Gasteiger partial charge on any atom is -0.465 e. The molecule has 2 heterocycles. The van der Waals surface area contributed by atoms with E-state index in [0.717, 1.165) is 12.8 Å². The second kappa shape index (κ2) is 9.61. The van der Waals surface area contributed by atoms with Gasteiger partial charge in [-0.05, 0) is 37.8 Å². The zero-order chi connectivity index (χ0) is 21.7. The maximum absolute atomic E-state index is 12.9. The average Bonchev–Trinajstić information content (AvgIpc) is 3.07. The van der Waals surface area contributed by atoms with E-state index in [0.29, 0.717) is 55.1 Å². The molecular formula is C23H29N3O4. The fourth-order valence-electron chi connectivity index (χ4n) is 3.94. The van der Waals surface area contributed by atoms with Crippen molar-refractivity contribution in [1.29, 1.82) is 0 Å². The van der Waals surface area contributed by atoms with Crippen molar-refractivity contribution in [3.8, 4) is 0 Å². The van der Waals surface area contributed by atoms with E-state index in [-0.39, 0.29) is 11.8 Å². The van der Waals surface area contributed by atoms with Gasteiger partial charge in [0.15, 0.2) is 0 Å². The topological polar surface area (TPSA) is 82.7 Å². The summed E-state index contributed by atoms with van der Waals surface area (Å²) in [6, 6.07) is 10.2. The summed E-state index contributed by atoms with van der Waals surface area (Å²) in [5, 5.41) is 0. The molecule has 7 heteroatoms. The number of aryl methyl sites for hydroxylation is 2. The summed E-state index contributed by atoms with van der Waals surface area (Å²) in [7, 11) is 1.33. The summed E-state index contributed by atoms with van der Waals surface area (Å²) < 4.78 is 4.81. The number of nitrogens with one attached hydrogen (secondary N) is 1. The second-order valence-corrected chi connectivity index (χ2v) is 7.63. The number of amides is 2. The van der Waals surface area contributed by atoms with Crippen LogP contribution in [0.1, 0.15) is 50.5 Å². The second-order valence-electron chi connectivity index (χ2n) is 7.63. The molecule has 1 saturated heterocycles. The van der Waals surface area contributed by atoms with Crippen LogP contribution in [0.25, 0.3) is 0 Å². The zero-order valence-corrected chi connectivity index (χ0v) is 17.9. The summed E-state index contributed by atoms with van der Waals surface area (Å²) >= 11 is 0. The number of methoxy groups -OCH3 is 1. The van der Waals surface area contributed by atoms with E-state index in [9.17, 15) is 14.4 Å². The number of aromatic amines is 1. The maximum Gasteiger partial charge on any atom is 0.339 e. The largest absolute Gasteiger partial charge is 0.465 e. The van der Waals surface area contributed by atoms with E-state index in [1.807, 2.05) is 23.1 Å². The van der Waals surface area contributed by atoms with Gasteiger partial charge in [0.05, 0.1) is 12.7 Å². The SMILES string of the molecule is COC(=O)c1c(C)[nH]c(C(=O)N2CCN(C(=O)CCCc3ccccc3)CC2)c1C. The molecule has 1 aliphatic heterocycles. The number of carbonyl (C=O) groups excluding carboxylic acids is 3. The summed E-state index contributed by atoms with van der Waals surface area (Å²) in [6.07, 6.45) is 2.22. The molecule has 1 N–H and O–H groups in total. The molecule has 7 nitrogen and oxygen atoms in total. The molecule has 1 aromatic heterocycles. The van der Waals surface area contributed by atoms with Gasteiger partial charge in [-0.1, -0.05) is 30.3 Å². The predicted molar refractivity (Wildman–Crippen MR) is 113 cm³/mol. The Morgan fingerprint density at radius 2 is 1.63 bits per heavy atom. The first-order valence-electron chi connectivity index (χ1n) is 10.3. The average molecular weight is 412 g/mol. The van der Waals surface area contributed by atoms with Crippen LogP contribution in [-0.2, 0) is 16.0 Å². The highest BCUT2D eigenvalue weighted by Gasteiger charge is 2.29. The first kappa shape index (κ1) is 21.6. The molecule has 0 saturated carbocycles. The molecule has 0 unspecified atom stereocenters. The first-order valence-corrected chi connectivity index (χ1v) is 10.3. The molecule has 0 aliphatic carbocycles. The van der Waals surface area contributed by atoms with Crippen molar-refractivity contribution < 1.29 is 19.1 Å². The van der Waals surface area contributed by atoms with Crippen LogP contribution in [-0.4, -0.2) is 65.9 Å². The van der Waals surface area contributed by atoms with Crippen LogP contribution in [0.3, 0.4) is 0 Å². The smallest absolute Gasteiger partial charge is 0.339 e. The minimum atomic E-state index is -0.453. The summed E-state index contributed by atoms with van der Waals surface area (Å²) in [5.41, 5.74) is 3.28. The molecule has 3 rings (SSSR count). The molecule has 0 bridgehead atoms. The quantitative estimate of drug-likeness (QED) is 0.741. The van der Waals surface area contributed by atoms with E-state index in [1.165, 1.54) is 12.7 Å². The third kappa shape index (κ3) is 4.72. The van der Waals surface area contributed by atoms with Gasteiger partial charge in [0.1, 0.15) is 5.69 Å². The Hall–Kier alpha value is -3.09. The summed E-state index contributed by atoms with van der Waals surface area (Å²) in [5.74, 6) is -0.467. The molecule has 1 fully saturated rings. The highest BCUT2D eigenvalue weighted by atomic mass is 16.5. The van der Waals surface area contributed by atoms with Crippen LogP contribution in [0, 0.1) is 13.8 Å². The number of piperazine rings is 1. The lowest BCUT2D eigenvalue weighted by Gasteiger charge is -2.34. The molecule has 160 valence electrons. The predicted octanol–water partition coefficient (Wildman–Crippen LogP) is 2.73. The molecule has 0 radical (unpaired) electrons. The number of ether oxygens (including phenoxy) is 1. The minimum absolute atomic E-state index is 0.137. The molecule has 0 atom stereocenters. The van der Waals surface area contributed by atoms with Gasteiger partial charge in [-0.3, -0.25) is 9.59 Å². The Morgan fingerprint density at radius 3 is 2.27 bits per heavy atom. The first-order chi connectivity index (χ1) is 14.4. The Kier molecular flexibility index (Phi) is 6.92. The molecular weight excluding hydrogens is 382 g/mol. The van der Waals surface area contributed by atoms with Gasteiger partial charge in [0.25, 0.3) is 5.91 Å². The fourth-order valence-corrected chi connectivity index (χ4v) is 3.94. The molecule has 1 aliphatic rings. The highest BCUT2D eigenvalue weighted by Crippen LogP contribution is 2.21. The van der Waals surface area contributed by atoms with Crippen molar-refractivity contribution in [2.45, 2.75) is 33.1 Å². The monoisotopic (exact) mass is 411 g/mol. The lowest BCUT2D eigenvalue weighted by atomic mass is 10.1. The van der Waals surface area contributed by atoms with Crippen molar-refractivity contribution in [2.24, 2.45) is 0 Å². The number of nitrogens with zero attached hydrogens (tertiary/aromatic N) is 2. The van der Waals surface area contributed by atoms with Gasteiger partial charge in [0.2, 0.25) is 5.91 Å². The van der Waals surface area contributed by atoms with Crippen molar-refractivity contribution in [2.75, 3.05) is 33.3 Å². The maximum atomic E-state index is 12.9. The van der Waals surface area contributed by atoms with E-state index in [1.54, 1.807) is 18.7 Å². The number of aromatic nitrogens is 1. The number of benzene rings is 1. The number of H-pyrrole nitrogens is 1. The number of hydrogen-bond donors (Lipinski definition) is 1. The Bertz CT molecular complexity index is 912. The van der Waals surface area contributed by atoms with Crippen LogP contribution in [0.15, 0.2) is 30.3 Å². The highest BCUT2D eigenvalue weighted by molar-refractivity contribution is 6.00. The normalized spacial score (nSPS) is 14.0. The molecule has 1 aromatic carbocycles. The van der Waals surface area contributed by atoms with E-state index in [2.05, 4.69) is 17.1 Å². The van der Waals surface area contributed by atoms with Gasteiger partial charge in [-0.25, -0.2) is 4.79 Å². The van der Waals surface area contributed by atoms with Crippen LogP contribution in [0.2, 0.25) is 0 Å². The number of rotatable bonds is 6. The van der Waals surface area contributed by atoms with Gasteiger partial charge in [-0.2, -0.15) is 0 Å². The van der Waals surface area contributed by atoms with Crippen molar-refractivity contribution in [3.05, 3.63) is 58.4 Å². The van der Waals surface area contributed by atoms with Gasteiger partial charge >= 0.3 is 5.97 Å². The van der Waals surface area contributed by atoms with E-state index < -0.39 is 5.97 Å². The van der Waals surface area contributed by atoms with E-state index >= 15 is 0 Å². The van der Waals surface area contributed by atoms with Crippen LogP contribution in [0.5, 0.6) is 0 Å². The Morgan fingerprint density at radius 1 is 1.00 bits per heavy atom. The molecule has 2 aromatic rings. The Labute approximate surface area is 177 Å². The van der Waals surface area contributed by atoms with Gasteiger partial charge < -0.3 is 19.5 Å². The lowest BCUT2D eigenvalue weighted by Crippen LogP contribution is -2.50. The zero-order valence-electron chi connectivity index (χ0n) is 17.9. The number of esters is 1. The number of carbonyl (C=O) groups is 3. The summed E-state index contributed by atoms with van der Waals surface area (Å²) in [4.78, 5) is 44.0. The fraction of sp³-hybridized carbons (Fsp3) is 0.435. The lowest BCUT2D eigenvalue weighted by molar-refractivity contribution is -0.132. The summed E-state index contributed by atoms with van der Waals surface area (Å²) in [6.45, 7) is 5.51. The van der Waals surface area contributed by atoms with Gasteiger partial charge in [0, 0.05) is 38.3 Å². The van der Waals surface area contributed by atoms with Crippen molar-refractivity contribution in [1.82, 2.24) is 14.8 Å². The number of hydrogen-bond acceptors (Lipinski definition) is 4. The van der Waals surface area contributed by atoms with Crippen LogP contribution >= 0.6 is 0 Å². The Balaban J connectivity index is 1.52. The molecule has 2 amide bonds. The van der Waals surface area contributed by atoms with Crippen LogP contribution in [0.4, 0.5) is 0 Å². The third-order valence-corrected chi connectivity index (χ3v) is 5.66. The van der Waals surface area contributed by atoms with Gasteiger partial charge in [-0.15, -0.1) is 0 Å². The molecule has 0 spiro atoms. The van der Waals surface area contributed by atoms with Crippen LogP contribution < -0.4 is 0 Å². The van der Waals surface area contributed by atoms with Crippen molar-refractivity contribution in [3.63, 3.8) is 0 Å². The van der Waals surface area contributed by atoms with Crippen molar-refractivity contribution >= 4 is 17.8 Å². The van der Waals surface area contributed by atoms with E-state index in [4.69, 9.17) is 4.74 Å². The standard InChI is InChI=1S/C23H29N3O4/c1-16-20(23(29)30-3)17(2)24-21(16)22(28)26-14-12-25(13-15-26)19(27)11-7-10-18-8-5-4-6-9-18/h4-6,8-9,24H,7,10-15H2,1-3H3.